The molecule has 1 aromatic rings. The van der Waals surface area contributed by atoms with Gasteiger partial charge in [0.15, 0.2) is 0 Å². The van der Waals surface area contributed by atoms with Gasteiger partial charge in [0.1, 0.15) is 11.4 Å². The smallest absolute Gasteiger partial charge is 0.303 e. The second-order valence-corrected chi connectivity index (χ2v) is 2.88. The summed E-state index contributed by atoms with van der Waals surface area (Å²) in [6.07, 6.45) is -4.54. The molecule has 0 radical (unpaired) electrons. The number of halogens is 4. The van der Waals surface area contributed by atoms with Crippen molar-refractivity contribution in [2.75, 3.05) is 0 Å². The van der Waals surface area contributed by atoms with Crippen molar-refractivity contribution < 1.29 is 18.0 Å². The Bertz CT molecular complexity index is 351. The molecule has 6 heteroatoms. The first kappa shape index (κ1) is 11.0. The van der Waals surface area contributed by atoms with Gasteiger partial charge in [-0.1, -0.05) is 11.6 Å². The van der Waals surface area contributed by atoms with Gasteiger partial charge < -0.3 is 4.79 Å². The summed E-state index contributed by atoms with van der Waals surface area (Å²) in [4.78, 5) is 13.6. The van der Waals surface area contributed by atoms with Crippen molar-refractivity contribution in [3.05, 3.63) is 28.5 Å². The van der Waals surface area contributed by atoms with Crippen LogP contribution in [0.5, 0.6) is 0 Å². The average molecular weight is 224 g/mol. The van der Waals surface area contributed by atoms with E-state index in [2.05, 4.69) is 4.98 Å². The molecular weight excluding hydrogens is 219 g/mol. The van der Waals surface area contributed by atoms with Gasteiger partial charge in [-0.3, -0.25) is 0 Å². The van der Waals surface area contributed by atoms with E-state index in [1.54, 1.807) is 0 Å². The predicted molar refractivity (Wildman–Crippen MR) is 44.0 cm³/mol. The number of nitrogens with zero attached hydrogens (tertiary/aromatic N) is 1. The Morgan fingerprint density at radius 2 is 2.07 bits per heavy atom. The highest BCUT2D eigenvalue weighted by Gasteiger charge is 2.33. The van der Waals surface area contributed by atoms with Crippen LogP contribution in [0.1, 0.15) is 11.3 Å². The number of hydrogen-bond donors (Lipinski definition) is 0. The van der Waals surface area contributed by atoms with E-state index in [4.69, 9.17) is 11.6 Å². The SMILES string of the molecule is O=CCc1nc(Cl)ccc1C(F)(F)F. The molecule has 0 aliphatic rings. The number of pyridine rings is 1. The van der Waals surface area contributed by atoms with Gasteiger partial charge in [0.2, 0.25) is 0 Å². The molecule has 0 unspecified atom stereocenters. The van der Waals surface area contributed by atoms with Crippen LogP contribution in [0.4, 0.5) is 13.2 Å². The molecule has 0 saturated carbocycles. The minimum atomic E-state index is -4.50. The van der Waals surface area contributed by atoms with Crippen LogP contribution in [0, 0.1) is 0 Å². The number of hydrogen-bond acceptors (Lipinski definition) is 2. The van der Waals surface area contributed by atoms with Crippen molar-refractivity contribution in [1.29, 1.82) is 0 Å². The maximum atomic E-state index is 12.3. The fraction of sp³-hybridized carbons (Fsp3) is 0.250. The lowest BCUT2D eigenvalue weighted by Crippen LogP contribution is -2.11. The Morgan fingerprint density at radius 3 is 2.57 bits per heavy atom. The minimum absolute atomic E-state index is 0.0603. The maximum absolute atomic E-state index is 12.3. The Hall–Kier alpha value is -1.10. The third-order valence-electron chi connectivity index (χ3n) is 1.52. The zero-order valence-corrected chi connectivity index (χ0v) is 7.56. The molecule has 0 saturated heterocycles. The first-order valence-corrected chi connectivity index (χ1v) is 3.99. The fourth-order valence-electron chi connectivity index (χ4n) is 0.967. The van der Waals surface area contributed by atoms with E-state index in [0.717, 1.165) is 12.1 Å². The summed E-state index contributed by atoms with van der Waals surface area (Å²) in [7, 11) is 0. The minimum Gasteiger partial charge on any atom is -0.303 e. The van der Waals surface area contributed by atoms with Crippen molar-refractivity contribution in [2.24, 2.45) is 0 Å². The molecule has 0 amide bonds. The monoisotopic (exact) mass is 223 g/mol. The first-order valence-electron chi connectivity index (χ1n) is 3.61. The lowest BCUT2D eigenvalue weighted by molar-refractivity contribution is -0.138. The predicted octanol–water partition coefficient (Wildman–Crippen LogP) is 2.50. The quantitative estimate of drug-likeness (QED) is 0.570. The fourth-order valence-corrected chi connectivity index (χ4v) is 1.13. The van der Waals surface area contributed by atoms with Crippen LogP contribution in [0.25, 0.3) is 0 Å². The van der Waals surface area contributed by atoms with Gasteiger partial charge in [0.05, 0.1) is 11.3 Å². The lowest BCUT2D eigenvalue weighted by Gasteiger charge is -2.09. The highest BCUT2D eigenvalue weighted by Crippen LogP contribution is 2.31. The third kappa shape index (κ3) is 2.45. The first-order chi connectivity index (χ1) is 6.45. The highest BCUT2D eigenvalue weighted by atomic mass is 35.5. The molecule has 0 atom stereocenters. The summed E-state index contributed by atoms with van der Waals surface area (Å²) in [6, 6.07) is 1.85. The topological polar surface area (TPSA) is 30.0 Å². The van der Waals surface area contributed by atoms with Crippen LogP contribution in [0.2, 0.25) is 5.15 Å². The molecule has 0 aliphatic carbocycles. The molecule has 2 nitrogen and oxygen atoms in total. The van der Waals surface area contributed by atoms with E-state index in [0.29, 0.717) is 6.29 Å². The molecule has 1 rings (SSSR count). The van der Waals surface area contributed by atoms with E-state index in [1.807, 2.05) is 0 Å². The van der Waals surface area contributed by atoms with E-state index >= 15 is 0 Å². The molecule has 76 valence electrons. The highest BCUT2D eigenvalue weighted by molar-refractivity contribution is 6.29. The van der Waals surface area contributed by atoms with Gasteiger partial charge in [-0.25, -0.2) is 4.98 Å². The maximum Gasteiger partial charge on any atom is 0.418 e. The Morgan fingerprint density at radius 1 is 1.43 bits per heavy atom. The van der Waals surface area contributed by atoms with Gasteiger partial charge >= 0.3 is 6.18 Å². The zero-order valence-electron chi connectivity index (χ0n) is 6.81. The summed E-state index contributed by atoms with van der Waals surface area (Å²) in [5.74, 6) is 0. The van der Waals surface area contributed by atoms with Crippen LogP contribution in [0.15, 0.2) is 12.1 Å². The Balaban J connectivity index is 3.21. The van der Waals surface area contributed by atoms with Gasteiger partial charge in [-0.05, 0) is 12.1 Å². The summed E-state index contributed by atoms with van der Waals surface area (Å²) in [6.45, 7) is 0. The standard InChI is InChI=1S/C8H5ClF3NO/c9-7-2-1-5(8(10,11)12)6(13-7)3-4-14/h1-2,4H,3H2. The van der Waals surface area contributed by atoms with E-state index in [-0.39, 0.29) is 10.8 Å². The van der Waals surface area contributed by atoms with E-state index in [1.165, 1.54) is 0 Å². The van der Waals surface area contributed by atoms with Crippen LogP contribution in [-0.4, -0.2) is 11.3 Å². The van der Waals surface area contributed by atoms with Crippen LogP contribution in [0.3, 0.4) is 0 Å². The van der Waals surface area contributed by atoms with Gasteiger partial charge in [0.25, 0.3) is 0 Å². The molecule has 0 aromatic carbocycles. The number of carbonyl (C=O) groups excluding carboxylic acids is 1. The number of alkyl halides is 3. The number of aromatic nitrogens is 1. The number of aldehydes is 1. The summed E-state index contributed by atoms with van der Waals surface area (Å²) < 4.78 is 36.9. The van der Waals surface area contributed by atoms with Crippen molar-refractivity contribution in [3.63, 3.8) is 0 Å². The van der Waals surface area contributed by atoms with Gasteiger partial charge in [-0.2, -0.15) is 13.2 Å². The third-order valence-corrected chi connectivity index (χ3v) is 1.73. The lowest BCUT2D eigenvalue weighted by atomic mass is 10.1. The van der Waals surface area contributed by atoms with Crippen LogP contribution in [-0.2, 0) is 17.4 Å². The van der Waals surface area contributed by atoms with Crippen LogP contribution >= 0.6 is 11.6 Å². The molecule has 0 N–H and O–H groups in total. The summed E-state index contributed by atoms with van der Waals surface area (Å²) >= 11 is 5.41. The zero-order chi connectivity index (χ0) is 10.8. The molecular formula is C8H5ClF3NO. The average Bonchev–Trinajstić information content (AvgIpc) is 2.02. The summed E-state index contributed by atoms with van der Waals surface area (Å²) in [5, 5.41) is -0.0603. The van der Waals surface area contributed by atoms with Crippen molar-refractivity contribution in [1.82, 2.24) is 4.98 Å². The molecule has 0 spiro atoms. The molecule has 0 aliphatic heterocycles. The number of carbonyl (C=O) groups is 1. The van der Waals surface area contributed by atoms with Gasteiger partial charge in [-0.15, -0.1) is 0 Å². The largest absolute Gasteiger partial charge is 0.418 e. The molecule has 1 heterocycles. The Kier molecular flexibility index (Phi) is 3.10. The summed E-state index contributed by atoms with van der Waals surface area (Å²) in [5.41, 5.74) is -1.27. The van der Waals surface area contributed by atoms with Gasteiger partial charge in [0, 0.05) is 6.42 Å². The van der Waals surface area contributed by atoms with E-state index in [9.17, 15) is 18.0 Å². The normalized spacial score (nSPS) is 11.4. The van der Waals surface area contributed by atoms with Crippen molar-refractivity contribution in [2.45, 2.75) is 12.6 Å². The van der Waals surface area contributed by atoms with Crippen molar-refractivity contribution in [3.8, 4) is 0 Å². The van der Waals surface area contributed by atoms with E-state index < -0.39 is 18.2 Å². The second kappa shape index (κ2) is 3.96. The molecule has 14 heavy (non-hydrogen) atoms. The number of rotatable bonds is 2. The molecule has 0 bridgehead atoms. The van der Waals surface area contributed by atoms with Crippen molar-refractivity contribution >= 4 is 17.9 Å². The Labute approximate surface area is 82.7 Å². The second-order valence-electron chi connectivity index (χ2n) is 2.50. The van der Waals surface area contributed by atoms with Crippen LogP contribution < -0.4 is 0 Å². The molecule has 0 fully saturated rings. The molecule has 1 aromatic heterocycles.